The Labute approximate surface area is 159 Å². The summed E-state index contributed by atoms with van der Waals surface area (Å²) in [5.41, 5.74) is 0. The van der Waals surface area contributed by atoms with Gasteiger partial charge in [0.05, 0.1) is 0 Å². The third kappa shape index (κ3) is 14200000. The second-order valence-electron chi connectivity index (χ2n) is 3.78. The molecule has 23 heavy (non-hydrogen) atoms. The first kappa shape index (κ1) is 77.2. The molecule has 0 atom stereocenters. The first-order valence-corrected chi connectivity index (χ1v) is 8.49. The van der Waals surface area contributed by atoms with Gasteiger partial charge in [0.1, 0.15) is 6.71 Å². The molecule has 0 amide bonds. The maximum Gasteiger partial charge on any atom is 0.130 e. The van der Waals surface area contributed by atoms with Crippen molar-refractivity contribution in [3.8, 4) is 0 Å². The van der Waals surface area contributed by atoms with Crippen LogP contribution in [-0.2, 0) is 0 Å². The van der Waals surface area contributed by atoms with E-state index in [0.717, 1.165) is 6.71 Å². The monoisotopic (exact) mass is 344 g/mol. The van der Waals surface area contributed by atoms with E-state index >= 15 is 0 Å². The molecule has 0 unspecified atom stereocenters. The summed E-state index contributed by atoms with van der Waals surface area (Å²) in [6.07, 6.45) is 1.25. The molecule has 0 N–H and O–H groups in total. The van der Waals surface area contributed by atoms with Crippen molar-refractivity contribution in [2.24, 2.45) is 0 Å². The average molecular weight is 344 g/mol. The lowest BCUT2D eigenvalue weighted by molar-refractivity contribution is 0.505. The van der Waals surface area contributed by atoms with Gasteiger partial charge in [-0.1, -0.05) is 126 Å². The van der Waals surface area contributed by atoms with Gasteiger partial charge in [-0.25, -0.2) is 0 Å². The summed E-state index contributed by atoms with van der Waals surface area (Å²) in [6.45, 7) is 27.6. The molecule has 1 nitrogen and oxygen atoms in total. The van der Waals surface area contributed by atoms with Crippen LogP contribution in [0.25, 0.3) is 0 Å². The van der Waals surface area contributed by atoms with Gasteiger partial charge in [-0.2, -0.15) is 0 Å². The fourth-order valence-electron chi connectivity index (χ4n) is 0. The van der Waals surface area contributed by atoms with Gasteiger partial charge >= 0.3 is 0 Å². The van der Waals surface area contributed by atoms with Gasteiger partial charge in [0.15, 0.2) is 0 Å². The summed E-state index contributed by atoms with van der Waals surface area (Å²) >= 11 is 0. The molecule has 0 fully saturated rings. The van der Waals surface area contributed by atoms with Crippen LogP contribution in [0.1, 0.15) is 105 Å². The van der Waals surface area contributed by atoms with Crippen LogP contribution in [0, 0.1) is 0 Å². The van der Waals surface area contributed by atoms with Crippen molar-refractivity contribution in [1.29, 1.82) is 0 Å². The summed E-state index contributed by atoms with van der Waals surface area (Å²) in [4.78, 5) is 2.00. The van der Waals surface area contributed by atoms with Crippen molar-refractivity contribution in [2.75, 3.05) is 21.1 Å². The summed E-state index contributed by atoms with van der Waals surface area (Å²) in [6, 6.07) is 0. The number of nitrogens with zero attached hydrogens (tertiary/aromatic N) is 1. The Morgan fingerprint density at radius 1 is 0.522 bits per heavy atom. The Morgan fingerprint density at radius 2 is 0.522 bits per heavy atom. The molecule has 0 spiro atoms. The predicted octanol–water partition coefficient (Wildman–Crippen LogP) is 9.61. The van der Waals surface area contributed by atoms with Crippen molar-refractivity contribution >= 4 is 6.71 Å². The molecule has 2 heteroatoms. The van der Waals surface area contributed by atoms with E-state index in [1.165, 1.54) is 6.42 Å². The van der Waals surface area contributed by atoms with E-state index in [2.05, 4.69) is 34.3 Å². The Bertz CT molecular complexity index is 35.6. The van der Waals surface area contributed by atoms with E-state index < -0.39 is 0 Å². The van der Waals surface area contributed by atoms with Gasteiger partial charge < -0.3 is 4.90 Å². The minimum absolute atomic E-state index is 0. The quantitative estimate of drug-likeness (QED) is 0.396. The van der Waals surface area contributed by atoms with Gasteiger partial charge in [0.2, 0.25) is 0 Å². The Balaban J connectivity index is -0.00000000808. The highest BCUT2D eigenvalue weighted by Crippen LogP contribution is 1.68. The van der Waals surface area contributed by atoms with Crippen LogP contribution in [0.3, 0.4) is 0 Å². The van der Waals surface area contributed by atoms with Crippen LogP contribution in [-0.4, -0.2) is 32.8 Å². The smallest absolute Gasteiger partial charge is 0.130 e. The summed E-state index contributed by atoms with van der Waals surface area (Å²) < 4.78 is 0. The zero-order valence-corrected chi connectivity index (χ0v) is 17.7. The molecule has 0 aliphatic rings. The lowest BCUT2D eigenvalue weighted by atomic mass is 9.58. The third-order valence-corrected chi connectivity index (χ3v) is 0. The SMILES string of the molecule is C.C.C.C.CB(C)C.CC.CC.CC.CC.CCC.CN(C)C. The highest BCUT2D eigenvalue weighted by atomic mass is 15.0. The predicted molar refractivity (Wildman–Crippen MR) is 131 cm³/mol. The Hall–Kier alpha value is 0.0249. The van der Waals surface area contributed by atoms with Gasteiger partial charge in [0, 0.05) is 0 Å². The molecule has 0 heterocycles. The average Bonchev–Trinajstić information content (AvgIpc) is 2.38. The fourth-order valence-corrected chi connectivity index (χ4v) is 0. The molecule has 0 rings (SSSR count). The van der Waals surface area contributed by atoms with Crippen molar-refractivity contribution in [2.45, 2.75) is 126 Å². The van der Waals surface area contributed by atoms with Crippen LogP contribution in [0.15, 0.2) is 0 Å². The molecule has 0 aliphatic carbocycles. The zero-order chi connectivity index (χ0) is 17.9. The van der Waals surface area contributed by atoms with E-state index in [1.54, 1.807) is 0 Å². The lowest BCUT2D eigenvalue weighted by Crippen LogP contribution is -1.99. The molecular weight excluding hydrogens is 277 g/mol. The highest BCUT2D eigenvalue weighted by Gasteiger charge is 1.76. The highest BCUT2D eigenvalue weighted by molar-refractivity contribution is 6.54. The normalized spacial score (nSPS) is 4.57. The van der Waals surface area contributed by atoms with E-state index in [4.69, 9.17) is 0 Å². The number of hydrogen-bond acceptors (Lipinski definition) is 1. The van der Waals surface area contributed by atoms with Gasteiger partial charge in [-0.05, 0) is 21.1 Å². The summed E-state index contributed by atoms with van der Waals surface area (Å²) in [7, 11) is 6.00. The summed E-state index contributed by atoms with van der Waals surface area (Å²) in [5.74, 6) is 0. The van der Waals surface area contributed by atoms with Gasteiger partial charge in [-0.3, -0.25) is 0 Å². The van der Waals surface area contributed by atoms with Crippen molar-refractivity contribution in [3.05, 3.63) is 0 Å². The van der Waals surface area contributed by atoms with Gasteiger partial charge in [0.25, 0.3) is 0 Å². The molecular formula is C21H66BN. The molecule has 0 radical (unpaired) electrons. The number of rotatable bonds is 0. The largest absolute Gasteiger partial charge is 0.312 e. The Morgan fingerprint density at radius 3 is 0.522 bits per heavy atom. The second-order valence-corrected chi connectivity index (χ2v) is 3.78. The fraction of sp³-hybridized carbons (Fsp3) is 1.00. The second kappa shape index (κ2) is 197. The molecule has 0 aromatic rings. The molecule has 0 saturated carbocycles. The maximum absolute atomic E-state index is 2.17. The maximum atomic E-state index is 2.17. The topological polar surface area (TPSA) is 3.24 Å². The van der Waals surface area contributed by atoms with E-state index in [-0.39, 0.29) is 29.7 Å². The first-order valence-electron chi connectivity index (χ1n) is 8.49. The van der Waals surface area contributed by atoms with Crippen molar-refractivity contribution in [3.63, 3.8) is 0 Å². The molecule has 0 aromatic carbocycles. The standard InChI is InChI=1S/C3H9B.C3H9N.C3H8.4C2H6.4CH4/c2*1-4(2)3;1-3-2;4*1-2;;;;/h2*1-3H3;3H2,1-2H3;4*1-2H3;4*1H4. The minimum atomic E-state index is 0. The van der Waals surface area contributed by atoms with E-state index in [9.17, 15) is 0 Å². The minimum Gasteiger partial charge on any atom is -0.312 e. The molecule has 0 aliphatic heterocycles. The van der Waals surface area contributed by atoms with Crippen LogP contribution in [0.2, 0.25) is 20.5 Å². The molecule has 0 bridgehead atoms. The Kier molecular flexibility index (Phi) is 663. The zero-order valence-electron chi connectivity index (χ0n) is 17.7. The van der Waals surface area contributed by atoms with Crippen LogP contribution < -0.4 is 0 Å². The van der Waals surface area contributed by atoms with Crippen LogP contribution in [0.5, 0.6) is 0 Å². The van der Waals surface area contributed by atoms with Crippen molar-refractivity contribution in [1.82, 2.24) is 4.90 Å². The first-order chi connectivity index (χ1) is 8.88. The molecule has 158 valence electrons. The van der Waals surface area contributed by atoms with E-state index in [0.29, 0.717) is 0 Å². The van der Waals surface area contributed by atoms with Gasteiger partial charge in [-0.15, -0.1) is 0 Å². The third-order valence-electron chi connectivity index (χ3n) is 0. The van der Waals surface area contributed by atoms with Crippen LogP contribution >= 0.6 is 0 Å². The van der Waals surface area contributed by atoms with Crippen molar-refractivity contribution < 1.29 is 0 Å². The van der Waals surface area contributed by atoms with E-state index in [1.807, 2.05) is 81.4 Å². The van der Waals surface area contributed by atoms with Crippen LogP contribution in [0.4, 0.5) is 0 Å². The lowest BCUT2D eigenvalue weighted by Gasteiger charge is -1.90. The molecule has 0 aromatic heterocycles. The number of hydrogen-bond donors (Lipinski definition) is 0. The summed E-state index contributed by atoms with van der Waals surface area (Å²) in [5, 5.41) is 0. The molecule has 0 saturated heterocycles.